The van der Waals surface area contributed by atoms with E-state index >= 15 is 0 Å². The van der Waals surface area contributed by atoms with Gasteiger partial charge in [-0.05, 0) is 54.0 Å². The van der Waals surface area contributed by atoms with Crippen molar-refractivity contribution in [1.82, 2.24) is 9.80 Å². The lowest BCUT2D eigenvalue weighted by Gasteiger charge is -2.43. The van der Waals surface area contributed by atoms with Crippen molar-refractivity contribution in [3.63, 3.8) is 0 Å². The molecule has 3 heterocycles. The lowest BCUT2D eigenvalue weighted by molar-refractivity contribution is 0.0307. The van der Waals surface area contributed by atoms with Crippen molar-refractivity contribution in [2.24, 2.45) is 0 Å². The van der Waals surface area contributed by atoms with E-state index in [1.807, 2.05) is 4.90 Å². The van der Waals surface area contributed by atoms with Gasteiger partial charge in [-0.3, -0.25) is 9.69 Å². The predicted molar refractivity (Wildman–Crippen MR) is 66.9 cm³/mol. The number of halogens is 1. The first-order chi connectivity index (χ1) is 8.24. The molecule has 0 spiro atoms. The quantitative estimate of drug-likeness (QED) is 0.837. The van der Waals surface area contributed by atoms with Crippen LogP contribution in [0.4, 0.5) is 0 Å². The summed E-state index contributed by atoms with van der Waals surface area (Å²) < 4.78 is 5.88. The minimum absolute atomic E-state index is 0.00569. The molecule has 2 aliphatic rings. The fraction of sp³-hybridized carbons (Fsp3) is 0.583. The maximum absolute atomic E-state index is 12.0. The molecule has 1 amide bonds. The molecule has 0 aromatic carbocycles. The molecule has 92 valence electrons. The maximum atomic E-state index is 12.0. The molecule has 0 aliphatic carbocycles. The average Bonchev–Trinajstić information content (AvgIpc) is 2.86. The second kappa shape index (κ2) is 4.46. The number of nitrogens with zero attached hydrogens (tertiary/aromatic N) is 2. The van der Waals surface area contributed by atoms with Crippen LogP contribution in [0.15, 0.2) is 21.2 Å². The van der Waals surface area contributed by atoms with Crippen LogP contribution < -0.4 is 0 Å². The highest BCUT2D eigenvalue weighted by molar-refractivity contribution is 9.10. The Bertz CT molecular complexity index is 420. The highest BCUT2D eigenvalue weighted by atomic mass is 79.9. The Labute approximate surface area is 109 Å². The molecule has 1 aromatic rings. The van der Waals surface area contributed by atoms with E-state index in [4.69, 9.17) is 4.42 Å². The Hall–Kier alpha value is -0.810. The van der Waals surface area contributed by atoms with E-state index in [0.717, 1.165) is 13.1 Å². The molecular weight excluding hydrogens is 284 g/mol. The predicted octanol–water partition coefficient (Wildman–Crippen LogP) is 1.96. The molecule has 0 N–H and O–H groups in total. The average molecular weight is 299 g/mol. The smallest absolute Gasteiger partial charge is 0.289 e. The van der Waals surface area contributed by atoms with E-state index in [0.29, 0.717) is 16.5 Å². The summed E-state index contributed by atoms with van der Waals surface area (Å²) in [7, 11) is 0. The van der Waals surface area contributed by atoms with Crippen LogP contribution in [0.3, 0.4) is 0 Å². The number of amides is 1. The summed E-state index contributed by atoms with van der Waals surface area (Å²) in [5, 5.41) is 0. The zero-order valence-electron chi connectivity index (χ0n) is 9.56. The number of rotatable bonds is 2. The first kappa shape index (κ1) is 11.3. The molecule has 5 heteroatoms. The van der Waals surface area contributed by atoms with E-state index in [2.05, 4.69) is 20.8 Å². The van der Waals surface area contributed by atoms with Crippen molar-refractivity contribution in [2.45, 2.75) is 18.9 Å². The summed E-state index contributed by atoms with van der Waals surface area (Å²) in [6.07, 6.45) is 2.60. The van der Waals surface area contributed by atoms with Gasteiger partial charge in [0.05, 0.1) is 0 Å². The number of carbonyl (C=O) groups excluding carboxylic acids is 1. The third-order valence-electron chi connectivity index (χ3n) is 3.59. The third-order valence-corrected chi connectivity index (χ3v) is 4.02. The monoisotopic (exact) mass is 298 g/mol. The second-order valence-corrected chi connectivity index (χ2v) is 5.49. The largest absolute Gasteiger partial charge is 0.444 e. The van der Waals surface area contributed by atoms with Crippen molar-refractivity contribution in [3.05, 3.63) is 22.6 Å². The number of hydrogen-bond donors (Lipinski definition) is 0. The summed E-state index contributed by atoms with van der Waals surface area (Å²) in [5.74, 6) is 0.433. The molecule has 1 aromatic heterocycles. The molecule has 17 heavy (non-hydrogen) atoms. The van der Waals surface area contributed by atoms with Crippen molar-refractivity contribution in [2.75, 3.05) is 26.2 Å². The van der Waals surface area contributed by atoms with Crippen LogP contribution in [-0.2, 0) is 0 Å². The van der Waals surface area contributed by atoms with Gasteiger partial charge in [0.1, 0.15) is 0 Å². The van der Waals surface area contributed by atoms with Crippen LogP contribution in [0.5, 0.6) is 0 Å². The molecule has 2 aliphatic heterocycles. The van der Waals surface area contributed by atoms with Crippen molar-refractivity contribution in [3.8, 4) is 0 Å². The number of hydrogen-bond acceptors (Lipinski definition) is 3. The van der Waals surface area contributed by atoms with Crippen LogP contribution in [0.2, 0.25) is 0 Å². The molecule has 4 nitrogen and oxygen atoms in total. The Morgan fingerprint density at radius 1 is 1.29 bits per heavy atom. The van der Waals surface area contributed by atoms with Crippen LogP contribution in [-0.4, -0.2) is 47.9 Å². The number of likely N-dealkylation sites (tertiary alicyclic amines) is 2. The van der Waals surface area contributed by atoms with Gasteiger partial charge in [-0.15, -0.1) is 0 Å². The molecule has 0 unspecified atom stereocenters. The Balaban J connectivity index is 1.56. The fourth-order valence-corrected chi connectivity index (χ4v) is 2.85. The first-order valence-electron chi connectivity index (χ1n) is 6.03. The van der Waals surface area contributed by atoms with Gasteiger partial charge in [-0.1, -0.05) is 0 Å². The summed E-state index contributed by atoms with van der Waals surface area (Å²) in [5.41, 5.74) is 0. The van der Waals surface area contributed by atoms with Gasteiger partial charge >= 0.3 is 0 Å². The van der Waals surface area contributed by atoms with Gasteiger partial charge in [0.25, 0.3) is 5.91 Å². The topological polar surface area (TPSA) is 36.7 Å². The van der Waals surface area contributed by atoms with Gasteiger partial charge in [0, 0.05) is 19.1 Å². The van der Waals surface area contributed by atoms with Crippen LogP contribution in [0.25, 0.3) is 0 Å². The fourth-order valence-electron chi connectivity index (χ4n) is 2.54. The number of carbonyl (C=O) groups is 1. The van der Waals surface area contributed by atoms with E-state index in [-0.39, 0.29) is 5.91 Å². The highest BCUT2D eigenvalue weighted by Crippen LogP contribution is 2.23. The maximum Gasteiger partial charge on any atom is 0.289 e. The Morgan fingerprint density at radius 3 is 2.59 bits per heavy atom. The van der Waals surface area contributed by atoms with Gasteiger partial charge in [-0.25, -0.2) is 0 Å². The van der Waals surface area contributed by atoms with Crippen molar-refractivity contribution >= 4 is 21.8 Å². The van der Waals surface area contributed by atoms with Gasteiger partial charge in [0.2, 0.25) is 0 Å². The van der Waals surface area contributed by atoms with Crippen molar-refractivity contribution < 1.29 is 9.21 Å². The molecule has 0 radical (unpaired) electrons. The van der Waals surface area contributed by atoms with Gasteiger partial charge in [-0.2, -0.15) is 0 Å². The molecule has 0 atom stereocenters. The zero-order chi connectivity index (χ0) is 11.8. The van der Waals surface area contributed by atoms with Gasteiger partial charge < -0.3 is 9.32 Å². The lowest BCUT2D eigenvalue weighted by Crippen LogP contribution is -2.60. The summed E-state index contributed by atoms with van der Waals surface area (Å²) in [6, 6.07) is 4.04. The standard InChI is InChI=1S/C12H15BrN2O2/c13-11-4-3-10(17-11)12(16)15-7-9(8-15)14-5-1-2-6-14/h3-4,9H,1-2,5-8H2. The molecule has 3 rings (SSSR count). The van der Waals surface area contributed by atoms with E-state index in [1.54, 1.807) is 12.1 Å². The third kappa shape index (κ3) is 2.13. The summed E-state index contributed by atoms with van der Waals surface area (Å²) in [4.78, 5) is 16.3. The minimum atomic E-state index is 0.00569. The highest BCUT2D eigenvalue weighted by Gasteiger charge is 2.36. The van der Waals surface area contributed by atoms with Crippen LogP contribution in [0.1, 0.15) is 23.4 Å². The minimum Gasteiger partial charge on any atom is -0.444 e. The van der Waals surface area contributed by atoms with Crippen LogP contribution >= 0.6 is 15.9 Å². The first-order valence-corrected chi connectivity index (χ1v) is 6.82. The molecule has 2 fully saturated rings. The second-order valence-electron chi connectivity index (χ2n) is 4.71. The van der Waals surface area contributed by atoms with Crippen LogP contribution in [0, 0.1) is 0 Å². The van der Waals surface area contributed by atoms with Gasteiger partial charge in [0.15, 0.2) is 10.4 Å². The lowest BCUT2D eigenvalue weighted by atomic mass is 10.1. The summed E-state index contributed by atoms with van der Waals surface area (Å²) >= 11 is 3.21. The molecule has 0 saturated carbocycles. The zero-order valence-corrected chi connectivity index (χ0v) is 11.1. The molecular formula is C12H15BrN2O2. The SMILES string of the molecule is O=C(c1ccc(Br)o1)N1CC(N2CCCC2)C1. The number of furan rings is 1. The molecule has 0 bridgehead atoms. The molecule has 2 saturated heterocycles. The van der Waals surface area contributed by atoms with E-state index in [9.17, 15) is 4.79 Å². The van der Waals surface area contributed by atoms with Crippen molar-refractivity contribution in [1.29, 1.82) is 0 Å². The normalized spacial score (nSPS) is 21.8. The Morgan fingerprint density at radius 2 is 2.00 bits per heavy atom. The Kier molecular flexibility index (Phi) is 2.96. The summed E-state index contributed by atoms with van der Waals surface area (Å²) in [6.45, 7) is 4.08. The van der Waals surface area contributed by atoms with E-state index < -0.39 is 0 Å². The van der Waals surface area contributed by atoms with E-state index in [1.165, 1.54) is 25.9 Å².